The number of unbranched alkanes of at least 4 members (excludes halogenated alkanes) is 6. The summed E-state index contributed by atoms with van der Waals surface area (Å²) in [6, 6.07) is 0. The van der Waals surface area contributed by atoms with Crippen LogP contribution in [-0.2, 0) is 9.53 Å². The lowest BCUT2D eigenvalue weighted by Gasteiger charge is -1.97. The number of rotatable bonds is 14. The summed E-state index contributed by atoms with van der Waals surface area (Å²) < 4.78 is 4.59. The molecule has 0 saturated carbocycles. The van der Waals surface area contributed by atoms with Crippen LogP contribution in [-0.4, -0.2) is 24.6 Å². The Hall–Kier alpha value is -0.700. The minimum absolute atomic E-state index is 0.121. The molecule has 0 unspecified atom stereocenters. The van der Waals surface area contributed by atoms with Gasteiger partial charge in [0, 0.05) is 11.5 Å². The predicted octanol–water partition coefficient (Wildman–Crippen LogP) is 5.54. The van der Waals surface area contributed by atoms with Crippen LogP contribution < -0.4 is 0 Å². The molecule has 0 atom stereocenters. The molecule has 0 heterocycles. The summed E-state index contributed by atoms with van der Waals surface area (Å²) in [6.07, 6.45) is 19.9. The van der Waals surface area contributed by atoms with Crippen LogP contribution in [0.15, 0.2) is 24.3 Å². The number of hydrogen-bond acceptors (Lipinski definition) is 3. The first-order chi connectivity index (χ1) is 10.3. The molecule has 0 aromatic rings. The summed E-state index contributed by atoms with van der Waals surface area (Å²) >= 11 is 1.77. The molecule has 122 valence electrons. The maximum Gasteiger partial charge on any atom is 0.306 e. The fourth-order valence-corrected chi connectivity index (χ4v) is 2.66. The first-order valence-corrected chi connectivity index (χ1v) is 9.41. The standard InChI is InChI=1S/C18H32O2S/c1-3-4-5-6-7-8-9-10-11-12-13-14-16-21-17-15-18(19)20-2/h10-11,13-14H,3-9,12,15-17H2,1-2H3/b11-10+,14-13+. The van der Waals surface area contributed by atoms with Gasteiger partial charge < -0.3 is 4.74 Å². The number of thioether (sulfide) groups is 1. The second kappa shape index (κ2) is 17.4. The molecule has 2 nitrogen and oxygen atoms in total. The third kappa shape index (κ3) is 17.2. The summed E-state index contributed by atoms with van der Waals surface area (Å²) in [6.45, 7) is 2.26. The van der Waals surface area contributed by atoms with Crippen LogP contribution in [0.4, 0.5) is 0 Å². The summed E-state index contributed by atoms with van der Waals surface area (Å²) in [5.41, 5.74) is 0. The highest BCUT2D eigenvalue weighted by Gasteiger charge is 1.97. The minimum Gasteiger partial charge on any atom is -0.469 e. The Kier molecular flexibility index (Phi) is 16.8. The smallest absolute Gasteiger partial charge is 0.306 e. The Labute approximate surface area is 135 Å². The van der Waals surface area contributed by atoms with Crippen molar-refractivity contribution in [1.29, 1.82) is 0 Å². The molecule has 21 heavy (non-hydrogen) atoms. The lowest BCUT2D eigenvalue weighted by Crippen LogP contribution is -2.01. The van der Waals surface area contributed by atoms with E-state index < -0.39 is 0 Å². The topological polar surface area (TPSA) is 26.3 Å². The highest BCUT2D eigenvalue weighted by Crippen LogP contribution is 2.07. The molecule has 0 aliphatic carbocycles. The normalized spacial score (nSPS) is 11.5. The fourth-order valence-electron chi connectivity index (χ4n) is 1.91. The highest BCUT2D eigenvalue weighted by molar-refractivity contribution is 7.99. The monoisotopic (exact) mass is 312 g/mol. The molecule has 0 spiro atoms. The van der Waals surface area contributed by atoms with Crippen molar-refractivity contribution < 1.29 is 9.53 Å². The lowest BCUT2D eigenvalue weighted by molar-refractivity contribution is -0.140. The van der Waals surface area contributed by atoms with Gasteiger partial charge in [-0.1, -0.05) is 63.3 Å². The first-order valence-electron chi connectivity index (χ1n) is 8.25. The minimum atomic E-state index is -0.121. The van der Waals surface area contributed by atoms with Crippen LogP contribution >= 0.6 is 11.8 Å². The molecule has 0 saturated heterocycles. The molecule has 0 radical (unpaired) electrons. The van der Waals surface area contributed by atoms with Gasteiger partial charge in [-0.3, -0.25) is 4.79 Å². The van der Waals surface area contributed by atoms with E-state index in [-0.39, 0.29) is 5.97 Å². The molecule has 0 rings (SSSR count). The third-order valence-electron chi connectivity index (χ3n) is 3.22. The van der Waals surface area contributed by atoms with Gasteiger partial charge >= 0.3 is 5.97 Å². The molecule has 0 aromatic heterocycles. The SMILES string of the molecule is CCCCCCCC/C=C/C/C=C/CSCCC(=O)OC. The number of hydrogen-bond donors (Lipinski definition) is 0. The second-order valence-corrected chi connectivity index (χ2v) is 6.29. The first kappa shape index (κ1) is 20.3. The number of allylic oxidation sites excluding steroid dienone is 3. The summed E-state index contributed by atoms with van der Waals surface area (Å²) in [5, 5.41) is 0. The molecule has 0 bridgehead atoms. The van der Waals surface area contributed by atoms with Gasteiger partial charge in [0.1, 0.15) is 0 Å². The van der Waals surface area contributed by atoms with Crippen LogP contribution in [0.3, 0.4) is 0 Å². The zero-order valence-corrected chi connectivity index (χ0v) is 14.6. The maximum atomic E-state index is 10.9. The van der Waals surface area contributed by atoms with E-state index in [2.05, 4.69) is 36.0 Å². The molecule has 0 amide bonds. The third-order valence-corrected chi connectivity index (χ3v) is 4.14. The molecule has 0 N–H and O–H groups in total. The average Bonchev–Trinajstić information content (AvgIpc) is 2.50. The van der Waals surface area contributed by atoms with Crippen LogP contribution in [0.1, 0.15) is 64.7 Å². The maximum absolute atomic E-state index is 10.9. The Morgan fingerprint density at radius 2 is 1.71 bits per heavy atom. The number of esters is 1. The van der Waals surface area contributed by atoms with Gasteiger partial charge in [-0.25, -0.2) is 0 Å². The van der Waals surface area contributed by atoms with E-state index in [0.717, 1.165) is 17.9 Å². The highest BCUT2D eigenvalue weighted by atomic mass is 32.2. The Balaban J connectivity index is 3.23. The van der Waals surface area contributed by atoms with E-state index in [0.29, 0.717) is 6.42 Å². The van der Waals surface area contributed by atoms with Crippen molar-refractivity contribution in [3.05, 3.63) is 24.3 Å². The fraction of sp³-hybridized carbons (Fsp3) is 0.722. The van der Waals surface area contributed by atoms with Gasteiger partial charge in [-0.2, -0.15) is 11.8 Å². The van der Waals surface area contributed by atoms with Crippen molar-refractivity contribution in [3.8, 4) is 0 Å². The summed E-state index contributed by atoms with van der Waals surface area (Å²) in [7, 11) is 1.43. The second-order valence-electron chi connectivity index (χ2n) is 5.14. The number of ether oxygens (including phenoxy) is 1. The Bertz CT molecular complexity index is 285. The van der Waals surface area contributed by atoms with Gasteiger partial charge in [0.05, 0.1) is 13.5 Å². The van der Waals surface area contributed by atoms with Crippen LogP contribution in [0.25, 0.3) is 0 Å². The lowest BCUT2D eigenvalue weighted by atomic mass is 10.1. The van der Waals surface area contributed by atoms with E-state index in [9.17, 15) is 4.79 Å². The van der Waals surface area contributed by atoms with E-state index >= 15 is 0 Å². The van der Waals surface area contributed by atoms with Gasteiger partial charge in [0.2, 0.25) is 0 Å². The van der Waals surface area contributed by atoms with Gasteiger partial charge in [0.25, 0.3) is 0 Å². The summed E-state index contributed by atoms with van der Waals surface area (Å²) in [5.74, 6) is 1.69. The molecule has 0 aliphatic heterocycles. The number of methoxy groups -OCH3 is 1. The largest absolute Gasteiger partial charge is 0.469 e. The van der Waals surface area contributed by atoms with Crippen molar-refractivity contribution in [2.24, 2.45) is 0 Å². The molecule has 3 heteroatoms. The van der Waals surface area contributed by atoms with E-state index in [1.165, 1.54) is 52.1 Å². The zero-order chi connectivity index (χ0) is 15.6. The van der Waals surface area contributed by atoms with E-state index in [1.807, 2.05) is 0 Å². The molecular formula is C18H32O2S. The van der Waals surface area contributed by atoms with E-state index in [1.54, 1.807) is 11.8 Å². The number of carbonyl (C=O) groups is 1. The van der Waals surface area contributed by atoms with Crippen molar-refractivity contribution in [3.63, 3.8) is 0 Å². The molecule has 0 aliphatic rings. The molecule has 0 aromatic carbocycles. The number of carbonyl (C=O) groups excluding carboxylic acids is 1. The summed E-state index contributed by atoms with van der Waals surface area (Å²) in [4.78, 5) is 10.9. The van der Waals surface area contributed by atoms with Gasteiger partial charge in [0.15, 0.2) is 0 Å². The van der Waals surface area contributed by atoms with Crippen LogP contribution in [0, 0.1) is 0 Å². The van der Waals surface area contributed by atoms with Crippen molar-refractivity contribution in [1.82, 2.24) is 0 Å². The average molecular weight is 313 g/mol. The Morgan fingerprint density at radius 1 is 1.00 bits per heavy atom. The van der Waals surface area contributed by atoms with E-state index in [4.69, 9.17) is 0 Å². The van der Waals surface area contributed by atoms with Crippen LogP contribution in [0.5, 0.6) is 0 Å². The van der Waals surface area contributed by atoms with Crippen molar-refractivity contribution >= 4 is 17.7 Å². The Morgan fingerprint density at radius 3 is 2.48 bits per heavy atom. The van der Waals surface area contributed by atoms with Crippen LogP contribution in [0.2, 0.25) is 0 Å². The zero-order valence-electron chi connectivity index (χ0n) is 13.8. The van der Waals surface area contributed by atoms with Crippen molar-refractivity contribution in [2.75, 3.05) is 18.6 Å². The molecular weight excluding hydrogens is 280 g/mol. The predicted molar refractivity (Wildman–Crippen MR) is 94.8 cm³/mol. The molecule has 0 fully saturated rings. The van der Waals surface area contributed by atoms with Crippen molar-refractivity contribution in [2.45, 2.75) is 64.7 Å². The quantitative estimate of drug-likeness (QED) is 0.239. The van der Waals surface area contributed by atoms with Gasteiger partial charge in [-0.15, -0.1) is 0 Å². The van der Waals surface area contributed by atoms with Gasteiger partial charge in [-0.05, 0) is 19.3 Å².